The van der Waals surface area contributed by atoms with Crippen LogP contribution in [0.4, 0.5) is 5.82 Å². The molecule has 0 fully saturated rings. The smallest absolute Gasteiger partial charge is 0.163 e. The first-order valence-corrected chi connectivity index (χ1v) is 6.81. The van der Waals surface area contributed by atoms with E-state index in [1.54, 1.807) is 25.4 Å². The van der Waals surface area contributed by atoms with E-state index in [4.69, 9.17) is 10.00 Å². The lowest BCUT2D eigenvalue weighted by Crippen LogP contribution is -2.22. The van der Waals surface area contributed by atoms with Crippen molar-refractivity contribution in [1.82, 2.24) is 15.2 Å². The zero-order valence-electron chi connectivity index (χ0n) is 12.6. The van der Waals surface area contributed by atoms with E-state index in [-0.39, 0.29) is 0 Å². The molecule has 0 bridgehead atoms. The van der Waals surface area contributed by atoms with Gasteiger partial charge in [-0.2, -0.15) is 5.26 Å². The van der Waals surface area contributed by atoms with Crippen LogP contribution in [0.5, 0.6) is 0 Å². The summed E-state index contributed by atoms with van der Waals surface area (Å²) in [4.78, 5) is 6.44. The van der Waals surface area contributed by atoms with Crippen molar-refractivity contribution < 1.29 is 4.74 Å². The fraction of sp³-hybridized carbons (Fsp3) is 0.250. The van der Waals surface area contributed by atoms with Crippen LogP contribution >= 0.6 is 0 Å². The summed E-state index contributed by atoms with van der Waals surface area (Å²) in [5.41, 5.74) is 1.97. The molecule has 0 aliphatic carbocycles. The summed E-state index contributed by atoms with van der Waals surface area (Å²) in [6.45, 7) is 1.46. The minimum absolute atomic E-state index is 0.308. The molecule has 2 aromatic heterocycles. The highest BCUT2D eigenvalue weighted by molar-refractivity contribution is 5.67. The van der Waals surface area contributed by atoms with E-state index in [1.807, 2.05) is 42.3 Å². The third kappa shape index (κ3) is 4.36. The monoisotopic (exact) mass is 295 g/mol. The molecule has 0 aliphatic heterocycles. The van der Waals surface area contributed by atoms with Crippen LogP contribution in [-0.2, 0) is 4.74 Å². The van der Waals surface area contributed by atoms with Gasteiger partial charge in [-0.1, -0.05) is 6.08 Å². The van der Waals surface area contributed by atoms with Gasteiger partial charge in [-0.15, -0.1) is 10.2 Å². The van der Waals surface area contributed by atoms with Crippen LogP contribution in [0.2, 0.25) is 0 Å². The van der Waals surface area contributed by atoms with Gasteiger partial charge in [0, 0.05) is 26.9 Å². The van der Waals surface area contributed by atoms with Crippen LogP contribution in [0, 0.1) is 11.3 Å². The van der Waals surface area contributed by atoms with Crippen molar-refractivity contribution in [1.29, 1.82) is 5.26 Å². The molecule has 112 valence electrons. The molecule has 0 radical (unpaired) electrons. The topological polar surface area (TPSA) is 74.9 Å². The van der Waals surface area contributed by atoms with E-state index >= 15 is 0 Å². The molecule has 0 saturated carbocycles. The van der Waals surface area contributed by atoms with Crippen molar-refractivity contribution in [2.45, 2.75) is 0 Å². The summed E-state index contributed by atoms with van der Waals surface area (Å²) in [6, 6.07) is 9.27. The highest BCUT2D eigenvalue weighted by Gasteiger charge is 2.01. The number of ether oxygens (including phenoxy) is 1. The van der Waals surface area contributed by atoms with Gasteiger partial charge in [0.15, 0.2) is 5.69 Å². The van der Waals surface area contributed by atoms with E-state index in [2.05, 4.69) is 15.2 Å². The number of hydrogen-bond donors (Lipinski definition) is 0. The number of rotatable bonds is 6. The molecule has 0 N–H and O–H groups in total. The molecule has 0 atom stereocenters. The Morgan fingerprint density at radius 3 is 2.68 bits per heavy atom. The number of nitrogens with zero attached hydrogens (tertiary/aromatic N) is 5. The highest BCUT2D eigenvalue weighted by Crippen LogP contribution is 2.11. The van der Waals surface area contributed by atoms with Gasteiger partial charge in [0.25, 0.3) is 0 Å². The first-order chi connectivity index (χ1) is 10.7. The number of likely N-dealkylation sites (N-methyl/N-ethyl adjacent to an activating group) is 1. The predicted octanol–water partition coefficient (Wildman–Crippen LogP) is 2.00. The van der Waals surface area contributed by atoms with Gasteiger partial charge in [-0.25, -0.2) is 4.98 Å². The number of hydrogen-bond acceptors (Lipinski definition) is 6. The summed E-state index contributed by atoms with van der Waals surface area (Å²) < 4.78 is 5.05. The van der Waals surface area contributed by atoms with Crippen molar-refractivity contribution in [3.63, 3.8) is 0 Å². The van der Waals surface area contributed by atoms with Crippen molar-refractivity contribution in [3.05, 3.63) is 47.4 Å². The largest absolute Gasteiger partial charge is 0.383 e. The Morgan fingerprint density at radius 1 is 1.23 bits per heavy atom. The Bertz CT molecular complexity index is 658. The second-order valence-corrected chi connectivity index (χ2v) is 4.65. The van der Waals surface area contributed by atoms with E-state index in [0.717, 1.165) is 17.9 Å². The van der Waals surface area contributed by atoms with Gasteiger partial charge in [0.05, 0.1) is 12.3 Å². The van der Waals surface area contributed by atoms with Crippen molar-refractivity contribution >= 4 is 18.0 Å². The fourth-order valence-corrected chi connectivity index (χ4v) is 1.74. The van der Waals surface area contributed by atoms with Crippen LogP contribution in [0.15, 0.2) is 30.5 Å². The summed E-state index contributed by atoms with van der Waals surface area (Å²) in [6.07, 6.45) is 5.54. The molecule has 6 nitrogen and oxygen atoms in total. The van der Waals surface area contributed by atoms with Crippen LogP contribution < -0.4 is 4.90 Å². The summed E-state index contributed by atoms with van der Waals surface area (Å²) >= 11 is 0. The first-order valence-electron chi connectivity index (χ1n) is 6.81. The standard InChI is InChI=1S/C16H17N5O/c1-21(9-10-22-2)16-8-4-13(12-18-16)3-5-14-6-7-15(11-17)20-19-14/h3-8,12H,9-10H2,1-2H3/b5-3+. The molecule has 22 heavy (non-hydrogen) atoms. The Balaban J connectivity index is 2.01. The molecule has 0 spiro atoms. The van der Waals surface area contributed by atoms with E-state index in [9.17, 15) is 0 Å². The molecule has 2 aromatic rings. The Labute approximate surface area is 129 Å². The third-order valence-corrected chi connectivity index (χ3v) is 3.04. The molecular formula is C16H17N5O. The Hall–Kier alpha value is -2.78. The van der Waals surface area contributed by atoms with Crippen LogP contribution in [0.1, 0.15) is 17.0 Å². The lowest BCUT2D eigenvalue weighted by Gasteiger charge is -2.17. The quantitative estimate of drug-likeness (QED) is 0.811. The molecule has 0 amide bonds. The SMILES string of the molecule is COCCN(C)c1ccc(/C=C/c2ccc(C#N)nn2)cn1. The molecule has 0 unspecified atom stereocenters. The minimum atomic E-state index is 0.308. The van der Waals surface area contributed by atoms with Gasteiger partial charge < -0.3 is 9.64 Å². The van der Waals surface area contributed by atoms with Gasteiger partial charge in [0.1, 0.15) is 11.9 Å². The van der Waals surface area contributed by atoms with Gasteiger partial charge >= 0.3 is 0 Å². The lowest BCUT2D eigenvalue weighted by atomic mass is 10.2. The Morgan fingerprint density at radius 2 is 2.09 bits per heavy atom. The van der Waals surface area contributed by atoms with E-state index < -0.39 is 0 Å². The normalized spacial score (nSPS) is 10.6. The maximum Gasteiger partial charge on any atom is 0.163 e. The molecule has 2 heterocycles. The summed E-state index contributed by atoms with van der Waals surface area (Å²) in [5, 5.41) is 16.4. The Kier molecular flexibility index (Phi) is 5.57. The zero-order chi connectivity index (χ0) is 15.8. The maximum absolute atomic E-state index is 8.67. The molecule has 6 heteroatoms. The average Bonchev–Trinajstić information content (AvgIpc) is 2.58. The third-order valence-electron chi connectivity index (χ3n) is 3.04. The number of methoxy groups -OCH3 is 1. The number of aromatic nitrogens is 3. The van der Waals surface area contributed by atoms with E-state index in [1.165, 1.54) is 0 Å². The van der Waals surface area contributed by atoms with Crippen molar-refractivity contribution in [2.24, 2.45) is 0 Å². The van der Waals surface area contributed by atoms with Crippen LogP contribution in [0.25, 0.3) is 12.2 Å². The van der Waals surface area contributed by atoms with Gasteiger partial charge in [-0.3, -0.25) is 0 Å². The second-order valence-electron chi connectivity index (χ2n) is 4.65. The lowest BCUT2D eigenvalue weighted by molar-refractivity contribution is 0.206. The number of anilines is 1. The molecular weight excluding hydrogens is 278 g/mol. The summed E-state index contributed by atoms with van der Waals surface area (Å²) in [7, 11) is 3.66. The number of pyridine rings is 1. The average molecular weight is 295 g/mol. The number of nitriles is 1. The zero-order valence-corrected chi connectivity index (χ0v) is 12.6. The molecule has 0 saturated heterocycles. The van der Waals surface area contributed by atoms with Crippen LogP contribution in [0.3, 0.4) is 0 Å². The van der Waals surface area contributed by atoms with E-state index in [0.29, 0.717) is 18.0 Å². The van der Waals surface area contributed by atoms with Gasteiger partial charge in [-0.05, 0) is 35.9 Å². The second kappa shape index (κ2) is 7.86. The van der Waals surface area contributed by atoms with Gasteiger partial charge in [0.2, 0.25) is 0 Å². The van der Waals surface area contributed by atoms with Crippen molar-refractivity contribution in [2.75, 3.05) is 32.2 Å². The maximum atomic E-state index is 8.67. The van der Waals surface area contributed by atoms with Crippen LogP contribution in [-0.4, -0.2) is 42.5 Å². The summed E-state index contributed by atoms with van der Waals surface area (Å²) in [5.74, 6) is 0.896. The molecule has 0 aromatic carbocycles. The molecule has 0 aliphatic rings. The fourth-order valence-electron chi connectivity index (χ4n) is 1.74. The first kappa shape index (κ1) is 15.6. The van der Waals surface area contributed by atoms with Crippen molar-refractivity contribution in [3.8, 4) is 6.07 Å². The highest BCUT2D eigenvalue weighted by atomic mass is 16.5. The predicted molar refractivity (Wildman–Crippen MR) is 85.1 cm³/mol. The molecule has 2 rings (SSSR count). The minimum Gasteiger partial charge on any atom is -0.383 e.